The second-order valence-electron chi connectivity index (χ2n) is 6.60. The van der Waals surface area contributed by atoms with E-state index in [2.05, 4.69) is 29.9 Å². The third kappa shape index (κ3) is 9.25. The molecule has 5 nitrogen and oxygen atoms in total. The molecule has 0 bridgehead atoms. The van der Waals surface area contributed by atoms with Gasteiger partial charge in [-0.25, -0.2) is 0 Å². The Hall–Kier alpha value is -1.88. The van der Waals surface area contributed by atoms with Gasteiger partial charge in [0.2, 0.25) is 5.91 Å². The lowest BCUT2D eigenvalue weighted by atomic mass is 10.00. The van der Waals surface area contributed by atoms with E-state index in [1.807, 2.05) is 13.0 Å². The lowest BCUT2D eigenvalue weighted by molar-refractivity contribution is -0.140. The smallest absolute Gasteiger partial charge is 0.305 e. The summed E-state index contributed by atoms with van der Waals surface area (Å²) in [5, 5.41) is 0. The fraction of sp³-hybridized carbons (Fsp3) is 0.600. The van der Waals surface area contributed by atoms with Crippen molar-refractivity contribution in [1.82, 2.24) is 0 Å². The van der Waals surface area contributed by atoms with Crippen molar-refractivity contribution in [1.29, 1.82) is 0 Å². The van der Waals surface area contributed by atoms with Crippen LogP contribution in [0.4, 0.5) is 0 Å². The molecule has 0 saturated heterocycles. The largest absolute Gasteiger partial charge is 0.469 e. The Morgan fingerprint density at radius 2 is 1.84 bits per heavy atom. The van der Waals surface area contributed by atoms with Gasteiger partial charge < -0.3 is 15.2 Å². The highest BCUT2D eigenvalue weighted by Crippen LogP contribution is 2.16. The van der Waals surface area contributed by atoms with Gasteiger partial charge in [-0.2, -0.15) is 0 Å². The zero-order chi connectivity index (χ0) is 18.7. The number of carbonyl (C=O) groups is 2. The second-order valence-corrected chi connectivity index (χ2v) is 6.60. The third-order valence-corrected chi connectivity index (χ3v) is 4.48. The van der Waals surface area contributed by atoms with Crippen LogP contribution in [-0.2, 0) is 32.1 Å². The molecule has 0 spiro atoms. The average molecular weight is 349 g/mol. The van der Waals surface area contributed by atoms with E-state index >= 15 is 0 Å². The normalized spacial score (nSPS) is 13.2. The fourth-order valence-electron chi connectivity index (χ4n) is 2.57. The summed E-state index contributed by atoms with van der Waals surface area (Å²) in [4.78, 5) is 22.0. The maximum Gasteiger partial charge on any atom is 0.305 e. The minimum atomic E-state index is -0.265. The van der Waals surface area contributed by atoms with E-state index in [-0.39, 0.29) is 23.9 Å². The van der Waals surface area contributed by atoms with Crippen LogP contribution in [0.5, 0.6) is 0 Å². The van der Waals surface area contributed by atoms with Gasteiger partial charge in [0.25, 0.3) is 0 Å². The van der Waals surface area contributed by atoms with Crippen LogP contribution in [-0.4, -0.2) is 25.1 Å². The van der Waals surface area contributed by atoms with Gasteiger partial charge in [-0.1, -0.05) is 31.2 Å². The molecule has 1 aromatic carbocycles. The van der Waals surface area contributed by atoms with Crippen LogP contribution in [0.15, 0.2) is 24.3 Å². The van der Waals surface area contributed by atoms with Crippen molar-refractivity contribution in [3.63, 3.8) is 0 Å². The minimum absolute atomic E-state index is 0.0723. The number of carbonyl (C=O) groups excluding carboxylic acids is 2. The first-order valence-electron chi connectivity index (χ1n) is 8.97. The van der Waals surface area contributed by atoms with Crippen LogP contribution in [0, 0.1) is 5.92 Å². The maximum atomic E-state index is 11.1. The number of nitrogens with two attached hydrogens (primary N) is 1. The van der Waals surface area contributed by atoms with Crippen molar-refractivity contribution in [2.75, 3.05) is 7.11 Å². The molecule has 0 aliphatic heterocycles. The van der Waals surface area contributed by atoms with Crippen molar-refractivity contribution < 1.29 is 19.1 Å². The van der Waals surface area contributed by atoms with Crippen molar-refractivity contribution in [2.45, 2.75) is 65.1 Å². The number of hydrogen-bond acceptors (Lipinski definition) is 4. The Kier molecular flexibility index (Phi) is 9.85. The number of rotatable bonds is 12. The average Bonchev–Trinajstić information content (AvgIpc) is 2.61. The number of unbranched alkanes of at least 4 members (excludes halogenated alkanes) is 1. The Labute approximate surface area is 150 Å². The van der Waals surface area contributed by atoms with Crippen molar-refractivity contribution in [3.05, 3.63) is 35.4 Å². The summed E-state index contributed by atoms with van der Waals surface area (Å²) in [6.07, 6.45) is 4.42. The molecule has 0 unspecified atom stereocenters. The number of ether oxygens (including phenoxy) is 2. The van der Waals surface area contributed by atoms with Gasteiger partial charge in [-0.15, -0.1) is 0 Å². The van der Waals surface area contributed by atoms with E-state index in [1.54, 1.807) is 0 Å². The van der Waals surface area contributed by atoms with E-state index in [4.69, 9.17) is 10.5 Å². The number of primary amides is 1. The van der Waals surface area contributed by atoms with Gasteiger partial charge >= 0.3 is 5.97 Å². The first kappa shape index (κ1) is 21.2. The molecular formula is C20H31NO4. The summed E-state index contributed by atoms with van der Waals surface area (Å²) in [5.41, 5.74) is 7.58. The summed E-state index contributed by atoms with van der Waals surface area (Å²) >= 11 is 0. The van der Waals surface area contributed by atoms with Crippen LogP contribution >= 0.6 is 0 Å². The summed E-state index contributed by atoms with van der Waals surface area (Å²) in [7, 11) is 1.42. The van der Waals surface area contributed by atoms with Gasteiger partial charge in [-0.3, -0.25) is 9.59 Å². The van der Waals surface area contributed by atoms with Crippen LogP contribution < -0.4 is 5.73 Å². The monoisotopic (exact) mass is 349 g/mol. The van der Waals surface area contributed by atoms with E-state index in [0.717, 1.165) is 31.2 Å². The van der Waals surface area contributed by atoms with E-state index in [9.17, 15) is 9.59 Å². The van der Waals surface area contributed by atoms with Crippen molar-refractivity contribution >= 4 is 11.9 Å². The zero-order valence-corrected chi connectivity index (χ0v) is 15.6. The minimum Gasteiger partial charge on any atom is -0.469 e. The molecule has 0 heterocycles. The van der Waals surface area contributed by atoms with Gasteiger partial charge in [-0.05, 0) is 49.7 Å². The van der Waals surface area contributed by atoms with E-state index in [0.29, 0.717) is 19.4 Å². The quantitative estimate of drug-likeness (QED) is 0.463. The summed E-state index contributed by atoms with van der Waals surface area (Å²) in [6, 6.07) is 8.34. The molecule has 0 saturated carbocycles. The summed E-state index contributed by atoms with van der Waals surface area (Å²) < 4.78 is 10.6. The zero-order valence-electron chi connectivity index (χ0n) is 15.6. The van der Waals surface area contributed by atoms with Crippen molar-refractivity contribution in [2.24, 2.45) is 11.7 Å². The molecular weight excluding hydrogens is 318 g/mol. The molecule has 25 heavy (non-hydrogen) atoms. The highest BCUT2D eigenvalue weighted by atomic mass is 16.5. The molecule has 0 aliphatic rings. The molecule has 0 fully saturated rings. The molecule has 2 N–H and O–H groups in total. The second kappa shape index (κ2) is 11.6. The lowest BCUT2D eigenvalue weighted by Crippen LogP contribution is -2.20. The van der Waals surface area contributed by atoms with Crippen LogP contribution in [0.25, 0.3) is 0 Å². The molecule has 5 heteroatoms. The van der Waals surface area contributed by atoms with E-state index < -0.39 is 0 Å². The summed E-state index contributed by atoms with van der Waals surface area (Å²) in [5.74, 6) is -0.130. The SMILES string of the molecule is COC(=O)CCCCc1cccc(CO[C@H](C)[C@@H](C)CCC(N)=O)c1. The van der Waals surface area contributed by atoms with Crippen LogP contribution in [0.1, 0.15) is 57.1 Å². The topological polar surface area (TPSA) is 78.6 Å². The molecule has 2 atom stereocenters. The number of amides is 1. The molecule has 0 radical (unpaired) electrons. The summed E-state index contributed by atoms with van der Waals surface area (Å²) in [6.45, 7) is 4.66. The predicted octanol–water partition coefficient (Wildman–Crippen LogP) is 3.38. The van der Waals surface area contributed by atoms with E-state index in [1.165, 1.54) is 12.7 Å². The van der Waals surface area contributed by atoms with Gasteiger partial charge in [0.05, 0.1) is 19.8 Å². The number of methoxy groups -OCH3 is 1. The van der Waals surface area contributed by atoms with Crippen LogP contribution in [0.3, 0.4) is 0 Å². The van der Waals surface area contributed by atoms with Crippen LogP contribution in [0.2, 0.25) is 0 Å². The molecule has 1 rings (SSSR count). The fourth-order valence-corrected chi connectivity index (χ4v) is 2.57. The molecule has 140 valence electrons. The van der Waals surface area contributed by atoms with Gasteiger partial charge in [0.1, 0.15) is 0 Å². The number of aryl methyl sites for hydroxylation is 1. The molecule has 0 aliphatic carbocycles. The van der Waals surface area contributed by atoms with Crippen molar-refractivity contribution in [3.8, 4) is 0 Å². The van der Waals surface area contributed by atoms with Gasteiger partial charge in [0, 0.05) is 12.8 Å². The predicted molar refractivity (Wildman–Crippen MR) is 97.9 cm³/mol. The molecule has 0 aromatic heterocycles. The highest BCUT2D eigenvalue weighted by Gasteiger charge is 2.13. The number of benzene rings is 1. The Balaban J connectivity index is 2.36. The Bertz CT molecular complexity index is 544. The number of esters is 1. The number of hydrogen-bond donors (Lipinski definition) is 1. The highest BCUT2D eigenvalue weighted by molar-refractivity contribution is 5.73. The van der Waals surface area contributed by atoms with Gasteiger partial charge in [0.15, 0.2) is 0 Å². The Morgan fingerprint density at radius 1 is 1.12 bits per heavy atom. The Morgan fingerprint density at radius 3 is 2.52 bits per heavy atom. The lowest BCUT2D eigenvalue weighted by Gasteiger charge is -2.20. The first-order chi connectivity index (χ1) is 11.9. The molecule has 1 aromatic rings. The standard InChI is InChI=1S/C20H31NO4/c1-15(11-12-19(21)22)16(2)25-14-18-9-6-8-17(13-18)7-4-5-10-20(23)24-3/h6,8-9,13,15-16H,4-5,7,10-12,14H2,1-3H3,(H2,21,22)/t15-,16+/m0/s1. The first-order valence-corrected chi connectivity index (χ1v) is 8.97. The third-order valence-electron chi connectivity index (χ3n) is 4.48. The molecule has 1 amide bonds. The maximum absolute atomic E-state index is 11.1.